The van der Waals surface area contributed by atoms with E-state index in [-0.39, 0.29) is 18.5 Å². The maximum Gasteiger partial charge on any atom is 0.321 e. The van der Waals surface area contributed by atoms with Crippen LogP contribution in [0.2, 0.25) is 0 Å². The fourth-order valence-corrected chi connectivity index (χ4v) is 4.13. The van der Waals surface area contributed by atoms with Gasteiger partial charge in [-0.25, -0.2) is 4.79 Å². The number of benzene rings is 1. The van der Waals surface area contributed by atoms with Gasteiger partial charge >= 0.3 is 12.0 Å². The van der Waals surface area contributed by atoms with E-state index in [4.69, 9.17) is 9.47 Å². The van der Waals surface area contributed by atoms with Crippen LogP contribution in [-0.4, -0.2) is 48.3 Å². The minimum absolute atomic E-state index is 0.0341. The van der Waals surface area contributed by atoms with Gasteiger partial charge in [0.05, 0.1) is 24.3 Å². The highest BCUT2D eigenvalue weighted by atomic mass is 16.5. The molecule has 0 aromatic heterocycles. The van der Waals surface area contributed by atoms with Gasteiger partial charge in [0.2, 0.25) is 0 Å². The van der Waals surface area contributed by atoms with Gasteiger partial charge in [0.15, 0.2) is 0 Å². The zero-order chi connectivity index (χ0) is 18.7. The molecule has 2 fully saturated rings. The predicted octanol–water partition coefficient (Wildman–Crippen LogP) is 3.20. The third kappa shape index (κ3) is 3.30. The number of nitrogens with zero attached hydrogens (tertiary/aromatic N) is 1. The standard InChI is InChI=1S/C19H26N2O5/c1-3-25-14-7-8-16(26-4-2)15(10-14)20-18(24)21-11-13-6-5-9-19(13,12-21)17(22)23/h7-8,10,13H,3-6,9,11-12H2,1-2H3,(H,20,24)(H,22,23)/t13-,19+/m0/s1. The number of carbonyl (C=O) groups excluding carboxylic acids is 1. The second kappa shape index (κ2) is 7.43. The maximum atomic E-state index is 12.8. The number of nitrogens with one attached hydrogen (secondary N) is 1. The Bertz CT molecular complexity index is 693. The molecule has 0 radical (unpaired) electrons. The van der Waals surface area contributed by atoms with E-state index in [9.17, 15) is 14.7 Å². The van der Waals surface area contributed by atoms with Gasteiger partial charge in [0, 0.05) is 19.2 Å². The molecule has 0 bridgehead atoms. The summed E-state index contributed by atoms with van der Waals surface area (Å²) in [6.45, 7) is 5.51. The van der Waals surface area contributed by atoms with E-state index in [2.05, 4.69) is 5.32 Å². The molecule has 0 unspecified atom stereocenters. The Morgan fingerprint density at radius 3 is 2.73 bits per heavy atom. The molecule has 1 heterocycles. The van der Waals surface area contributed by atoms with E-state index in [0.29, 0.717) is 43.4 Å². The number of ether oxygens (including phenoxy) is 2. The number of carboxylic acids is 1. The number of fused-ring (bicyclic) bond motifs is 1. The molecule has 26 heavy (non-hydrogen) atoms. The minimum Gasteiger partial charge on any atom is -0.494 e. The van der Waals surface area contributed by atoms with Crippen molar-refractivity contribution in [1.29, 1.82) is 0 Å². The maximum absolute atomic E-state index is 12.8. The van der Waals surface area contributed by atoms with Gasteiger partial charge < -0.3 is 24.8 Å². The number of amides is 2. The smallest absolute Gasteiger partial charge is 0.321 e. The van der Waals surface area contributed by atoms with Crippen molar-refractivity contribution >= 4 is 17.7 Å². The highest BCUT2D eigenvalue weighted by Crippen LogP contribution is 2.49. The number of likely N-dealkylation sites (tertiary alicyclic amines) is 1. The van der Waals surface area contributed by atoms with Gasteiger partial charge in [0.25, 0.3) is 0 Å². The third-order valence-electron chi connectivity index (χ3n) is 5.39. The van der Waals surface area contributed by atoms with Crippen LogP contribution in [-0.2, 0) is 4.79 Å². The van der Waals surface area contributed by atoms with Crippen LogP contribution < -0.4 is 14.8 Å². The molecule has 1 saturated heterocycles. The Kier molecular flexibility index (Phi) is 5.25. The van der Waals surface area contributed by atoms with E-state index in [1.807, 2.05) is 13.8 Å². The molecule has 3 rings (SSSR count). The molecular formula is C19H26N2O5. The number of aliphatic carboxylic acids is 1. The van der Waals surface area contributed by atoms with Crippen LogP contribution >= 0.6 is 0 Å². The van der Waals surface area contributed by atoms with Gasteiger partial charge in [-0.05, 0) is 44.7 Å². The average molecular weight is 362 g/mol. The summed E-state index contributed by atoms with van der Waals surface area (Å²) < 4.78 is 11.1. The van der Waals surface area contributed by atoms with Gasteiger partial charge in [-0.3, -0.25) is 4.79 Å². The number of rotatable bonds is 6. The van der Waals surface area contributed by atoms with E-state index in [0.717, 1.165) is 12.8 Å². The second-order valence-corrected chi connectivity index (χ2v) is 6.89. The van der Waals surface area contributed by atoms with E-state index >= 15 is 0 Å². The normalized spacial score (nSPS) is 24.2. The zero-order valence-corrected chi connectivity index (χ0v) is 15.3. The number of hydrogen-bond donors (Lipinski definition) is 2. The monoisotopic (exact) mass is 362 g/mol. The third-order valence-corrected chi connectivity index (χ3v) is 5.39. The first-order valence-corrected chi connectivity index (χ1v) is 9.19. The lowest BCUT2D eigenvalue weighted by atomic mass is 9.81. The molecule has 1 saturated carbocycles. The van der Waals surface area contributed by atoms with Gasteiger partial charge in [-0.1, -0.05) is 6.42 Å². The molecule has 7 nitrogen and oxygen atoms in total. The summed E-state index contributed by atoms with van der Waals surface area (Å²) >= 11 is 0. The summed E-state index contributed by atoms with van der Waals surface area (Å²) in [6.07, 6.45) is 2.41. The summed E-state index contributed by atoms with van der Waals surface area (Å²) in [5, 5.41) is 12.5. The fourth-order valence-electron chi connectivity index (χ4n) is 4.13. The Hall–Kier alpha value is -2.44. The molecule has 2 aliphatic rings. The summed E-state index contributed by atoms with van der Waals surface area (Å²) in [5.74, 6) is 0.457. The minimum atomic E-state index is -0.788. The Morgan fingerprint density at radius 2 is 2.08 bits per heavy atom. The molecule has 2 atom stereocenters. The predicted molar refractivity (Wildman–Crippen MR) is 96.8 cm³/mol. The summed E-state index contributed by atoms with van der Waals surface area (Å²) in [4.78, 5) is 26.2. The van der Waals surface area contributed by atoms with E-state index in [1.165, 1.54) is 0 Å². The molecule has 1 aromatic carbocycles. The molecule has 1 aliphatic heterocycles. The van der Waals surface area contributed by atoms with Crippen molar-refractivity contribution in [3.05, 3.63) is 18.2 Å². The van der Waals surface area contributed by atoms with Gasteiger partial charge in [-0.2, -0.15) is 0 Å². The quantitative estimate of drug-likeness (QED) is 0.811. The summed E-state index contributed by atoms with van der Waals surface area (Å²) in [5.41, 5.74) is -0.253. The first-order chi connectivity index (χ1) is 12.5. The SMILES string of the molecule is CCOc1ccc(OCC)c(NC(=O)N2C[C@@H]3CCC[C@@]3(C(=O)O)C2)c1. The first-order valence-electron chi connectivity index (χ1n) is 9.19. The highest BCUT2D eigenvalue weighted by molar-refractivity contribution is 5.92. The van der Waals surface area contributed by atoms with Gasteiger partial charge in [0.1, 0.15) is 11.5 Å². The molecule has 0 spiro atoms. The van der Waals surface area contributed by atoms with E-state index < -0.39 is 11.4 Å². The fraction of sp³-hybridized carbons (Fsp3) is 0.579. The van der Waals surface area contributed by atoms with Crippen molar-refractivity contribution in [3.8, 4) is 11.5 Å². The molecular weight excluding hydrogens is 336 g/mol. The van der Waals surface area contributed by atoms with Crippen molar-refractivity contribution in [3.63, 3.8) is 0 Å². The molecule has 1 aromatic rings. The summed E-state index contributed by atoms with van der Waals surface area (Å²) in [7, 11) is 0. The molecule has 1 aliphatic carbocycles. The average Bonchev–Trinajstić information content (AvgIpc) is 3.16. The topological polar surface area (TPSA) is 88.1 Å². The Morgan fingerprint density at radius 1 is 1.31 bits per heavy atom. The lowest BCUT2D eigenvalue weighted by Crippen LogP contribution is -2.38. The van der Waals surface area contributed by atoms with E-state index in [1.54, 1.807) is 23.1 Å². The van der Waals surface area contributed by atoms with Crippen molar-refractivity contribution in [2.45, 2.75) is 33.1 Å². The zero-order valence-electron chi connectivity index (χ0n) is 15.3. The van der Waals surface area contributed by atoms with Crippen molar-refractivity contribution < 1.29 is 24.2 Å². The molecule has 142 valence electrons. The Balaban J connectivity index is 1.76. The van der Waals surface area contributed by atoms with Crippen LogP contribution in [0.5, 0.6) is 11.5 Å². The largest absolute Gasteiger partial charge is 0.494 e. The molecule has 2 amide bonds. The molecule has 7 heteroatoms. The Labute approximate surface area is 153 Å². The number of anilines is 1. The summed E-state index contributed by atoms with van der Waals surface area (Å²) in [6, 6.07) is 5.00. The van der Waals surface area contributed by atoms with Crippen LogP contribution in [0.25, 0.3) is 0 Å². The van der Waals surface area contributed by atoms with Crippen LogP contribution in [0.4, 0.5) is 10.5 Å². The number of carboxylic acid groups (broad SMARTS) is 1. The van der Waals surface area contributed by atoms with Gasteiger partial charge in [-0.15, -0.1) is 0 Å². The van der Waals surface area contributed by atoms with Crippen LogP contribution in [0.1, 0.15) is 33.1 Å². The molecule has 2 N–H and O–H groups in total. The number of urea groups is 1. The van der Waals surface area contributed by atoms with Crippen molar-refractivity contribution in [1.82, 2.24) is 4.90 Å². The second-order valence-electron chi connectivity index (χ2n) is 6.89. The highest BCUT2D eigenvalue weighted by Gasteiger charge is 2.55. The number of carbonyl (C=O) groups is 2. The van der Waals surface area contributed by atoms with Crippen molar-refractivity contribution in [2.24, 2.45) is 11.3 Å². The van der Waals surface area contributed by atoms with Crippen LogP contribution in [0.3, 0.4) is 0 Å². The lowest BCUT2D eigenvalue weighted by molar-refractivity contribution is -0.149. The van der Waals surface area contributed by atoms with Crippen molar-refractivity contribution in [2.75, 3.05) is 31.6 Å². The first kappa shape index (κ1) is 18.4. The number of hydrogen-bond acceptors (Lipinski definition) is 4. The lowest BCUT2D eigenvalue weighted by Gasteiger charge is -2.23. The van der Waals surface area contributed by atoms with Crippen LogP contribution in [0.15, 0.2) is 18.2 Å². The van der Waals surface area contributed by atoms with Crippen LogP contribution in [0, 0.1) is 11.3 Å².